The molecule has 172 valence electrons. The van der Waals surface area contributed by atoms with E-state index in [1.807, 2.05) is 19.1 Å². The maximum Gasteiger partial charge on any atom is 0.268 e. The first-order valence-electron chi connectivity index (χ1n) is 10.3. The molecule has 0 bridgehead atoms. The number of rotatable bonds is 7. The van der Waals surface area contributed by atoms with Crippen LogP contribution in [0.3, 0.4) is 0 Å². The largest absolute Gasteiger partial charge is 0.467 e. The molecule has 0 saturated heterocycles. The zero-order valence-corrected chi connectivity index (χ0v) is 19.6. The molecule has 2 aromatic carbocycles. The molecule has 4 aromatic rings. The van der Waals surface area contributed by atoms with E-state index in [0.717, 1.165) is 5.56 Å². The fraction of sp³-hybridized carbons (Fsp3) is 0.0769. The van der Waals surface area contributed by atoms with Gasteiger partial charge >= 0.3 is 0 Å². The predicted octanol–water partition coefficient (Wildman–Crippen LogP) is 6.24. The summed E-state index contributed by atoms with van der Waals surface area (Å²) < 4.78 is 11.1. The summed E-state index contributed by atoms with van der Waals surface area (Å²) in [6.07, 6.45) is 2.97. The molecule has 6 nitrogen and oxygen atoms in total. The number of amides is 2. The summed E-state index contributed by atoms with van der Waals surface area (Å²) in [6, 6.07) is 18.9. The lowest BCUT2D eigenvalue weighted by atomic mass is 10.1. The maximum atomic E-state index is 12.9. The lowest BCUT2D eigenvalue weighted by Crippen LogP contribution is -2.34. The zero-order valence-electron chi connectivity index (χ0n) is 18.1. The van der Waals surface area contributed by atoms with Crippen molar-refractivity contribution in [3.05, 3.63) is 111 Å². The van der Waals surface area contributed by atoms with Gasteiger partial charge in [-0.2, -0.15) is 0 Å². The number of carbonyl (C=O) groups excluding carboxylic acids is 2. The van der Waals surface area contributed by atoms with Crippen LogP contribution in [0.1, 0.15) is 27.4 Å². The Kier molecular flexibility index (Phi) is 7.21. The van der Waals surface area contributed by atoms with Crippen LogP contribution in [-0.2, 0) is 11.3 Å². The summed E-state index contributed by atoms with van der Waals surface area (Å²) >= 11 is 12.4. The molecule has 2 heterocycles. The smallest absolute Gasteiger partial charge is 0.268 e. The highest BCUT2D eigenvalue weighted by molar-refractivity contribution is 6.35. The van der Waals surface area contributed by atoms with Crippen molar-refractivity contribution in [1.29, 1.82) is 0 Å². The third-order valence-corrected chi connectivity index (χ3v) is 5.48. The van der Waals surface area contributed by atoms with Crippen molar-refractivity contribution in [1.82, 2.24) is 10.6 Å². The number of nitrogens with one attached hydrogen (secondary N) is 2. The topological polar surface area (TPSA) is 84.5 Å². The van der Waals surface area contributed by atoms with Gasteiger partial charge in [0.15, 0.2) is 0 Å². The standard InChI is InChI=1S/C26H20Cl2N2O4/c1-16-4-6-17(7-5-16)25(31)30-23(26(32)29-15-20-3-2-12-33-20)14-19-9-11-24(34-19)21-13-18(27)8-10-22(21)28/h2-14H,15H2,1H3,(H,29,32)(H,30,31)/b23-14+. The van der Waals surface area contributed by atoms with E-state index >= 15 is 0 Å². The molecule has 0 radical (unpaired) electrons. The van der Waals surface area contributed by atoms with Crippen LogP contribution in [-0.4, -0.2) is 11.8 Å². The molecule has 4 rings (SSSR count). The minimum Gasteiger partial charge on any atom is -0.467 e. The second kappa shape index (κ2) is 10.5. The Bertz CT molecular complexity index is 1340. The number of hydrogen-bond acceptors (Lipinski definition) is 4. The number of aryl methyl sites for hydroxylation is 1. The minimum atomic E-state index is -0.504. The first kappa shape index (κ1) is 23.4. The van der Waals surface area contributed by atoms with Crippen LogP contribution in [0.4, 0.5) is 0 Å². The van der Waals surface area contributed by atoms with Crippen LogP contribution < -0.4 is 10.6 Å². The highest BCUT2D eigenvalue weighted by Gasteiger charge is 2.17. The van der Waals surface area contributed by atoms with E-state index in [-0.39, 0.29) is 12.2 Å². The molecule has 0 aliphatic heterocycles. The molecule has 0 atom stereocenters. The Hall–Kier alpha value is -3.74. The Balaban J connectivity index is 1.60. The van der Waals surface area contributed by atoms with Crippen molar-refractivity contribution in [2.45, 2.75) is 13.5 Å². The Morgan fingerprint density at radius 1 is 1.00 bits per heavy atom. The molecule has 0 fully saturated rings. The molecule has 0 spiro atoms. The fourth-order valence-corrected chi connectivity index (χ4v) is 3.52. The van der Waals surface area contributed by atoms with E-state index in [1.54, 1.807) is 54.6 Å². The number of hydrogen-bond donors (Lipinski definition) is 2. The van der Waals surface area contributed by atoms with Gasteiger partial charge in [-0.25, -0.2) is 0 Å². The van der Waals surface area contributed by atoms with Crippen molar-refractivity contribution in [2.24, 2.45) is 0 Å². The van der Waals surface area contributed by atoms with Crippen molar-refractivity contribution < 1.29 is 18.4 Å². The third-order valence-electron chi connectivity index (χ3n) is 4.92. The maximum absolute atomic E-state index is 12.9. The highest BCUT2D eigenvalue weighted by atomic mass is 35.5. The average Bonchev–Trinajstić information content (AvgIpc) is 3.51. The molecular weight excluding hydrogens is 475 g/mol. The van der Waals surface area contributed by atoms with Gasteiger partial charge in [0.1, 0.15) is 23.0 Å². The van der Waals surface area contributed by atoms with Crippen LogP contribution >= 0.6 is 23.2 Å². The van der Waals surface area contributed by atoms with Gasteiger partial charge in [0.05, 0.1) is 17.8 Å². The van der Waals surface area contributed by atoms with E-state index in [2.05, 4.69) is 10.6 Å². The molecule has 2 N–H and O–H groups in total. The van der Waals surface area contributed by atoms with Crippen LogP contribution in [0.5, 0.6) is 0 Å². The summed E-state index contributed by atoms with van der Waals surface area (Å²) in [7, 11) is 0. The highest BCUT2D eigenvalue weighted by Crippen LogP contribution is 2.32. The van der Waals surface area contributed by atoms with Crippen LogP contribution in [0.2, 0.25) is 10.0 Å². The van der Waals surface area contributed by atoms with E-state index < -0.39 is 11.8 Å². The molecule has 0 aliphatic carbocycles. The number of furan rings is 2. The number of benzene rings is 2. The van der Waals surface area contributed by atoms with E-state index in [9.17, 15) is 9.59 Å². The Morgan fingerprint density at radius 2 is 1.79 bits per heavy atom. The second-order valence-corrected chi connectivity index (χ2v) is 8.31. The predicted molar refractivity (Wildman–Crippen MR) is 131 cm³/mol. The molecule has 2 amide bonds. The van der Waals surface area contributed by atoms with E-state index in [0.29, 0.717) is 38.5 Å². The molecule has 0 unspecified atom stereocenters. The number of halogens is 2. The minimum absolute atomic E-state index is 0.00946. The van der Waals surface area contributed by atoms with Gasteiger partial charge in [-0.15, -0.1) is 0 Å². The molecular formula is C26H20Cl2N2O4. The molecule has 8 heteroatoms. The van der Waals surface area contributed by atoms with Gasteiger partial charge in [-0.3, -0.25) is 9.59 Å². The summed E-state index contributed by atoms with van der Waals surface area (Å²) in [5, 5.41) is 6.38. The quantitative estimate of drug-likeness (QED) is 0.297. The van der Waals surface area contributed by atoms with Crippen molar-refractivity contribution in [3.8, 4) is 11.3 Å². The lowest BCUT2D eigenvalue weighted by molar-refractivity contribution is -0.118. The first-order chi connectivity index (χ1) is 16.4. The van der Waals surface area contributed by atoms with Gasteiger partial charge < -0.3 is 19.5 Å². The van der Waals surface area contributed by atoms with E-state index in [4.69, 9.17) is 32.0 Å². The normalized spacial score (nSPS) is 11.3. The van der Waals surface area contributed by atoms with Crippen LogP contribution in [0.15, 0.2) is 87.5 Å². The average molecular weight is 495 g/mol. The van der Waals surface area contributed by atoms with Gasteiger partial charge in [-0.1, -0.05) is 40.9 Å². The Morgan fingerprint density at radius 3 is 2.53 bits per heavy atom. The summed E-state index contributed by atoms with van der Waals surface area (Å²) in [4.78, 5) is 25.7. The van der Waals surface area contributed by atoms with Gasteiger partial charge in [0, 0.05) is 22.2 Å². The van der Waals surface area contributed by atoms with Gasteiger partial charge in [-0.05, 0) is 61.5 Å². The second-order valence-electron chi connectivity index (χ2n) is 7.47. The van der Waals surface area contributed by atoms with Gasteiger partial charge in [0.25, 0.3) is 11.8 Å². The fourth-order valence-electron chi connectivity index (χ4n) is 3.14. The zero-order chi connectivity index (χ0) is 24.1. The Labute approximate surface area is 206 Å². The SMILES string of the molecule is Cc1ccc(C(=O)N/C(=C/c2ccc(-c3cc(Cl)ccc3Cl)o2)C(=O)NCc2ccco2)cc1. The summed E-state index contributed by atoms with van der Waals surface area (Å²) in [5.41, 5.74) is 2.06. The first-order valence-corrected chi connectivity index (χ1v) is 11.1. The molecule has 0 saturated carbocycles. The van der Waals surface area contributed by atoms with E-state index in [1.165, 1.54) is 12.3 Å². The van der Waals surface area contributed by atoms with Gasteiger partial charge in [0.2, 0.25) is 0 Å². The third kappa shape index (κ3) is 5.78. The van der Waals surface area contributed by atoms with Crippen molar-refractivity contribution in [2.75, 3.05) is 0 Å². The van der Waals surface area contributed by atoms with Crippen LogP contribution in [0.25, 0.3) is 17.4 Å². The molecule has 34 heavy (non-hydrogen) atoms. The molecule has 0 aliphatic rings. The number of carbonyl (C=O) groups is 2. The summed E-state index contributed by atoms with van der Waals surface area (Å²) in [6.45, 7) is 2.08. The van der Waals surface area contributed by atoms with Crippen molar-refractivity contribution in [3.63, 3.8) is 0 Å². The monoisotopic (exact) mass is 494 g/mol. The lowest BCUT2D eigenvalue weighted by Gasteiger charge is -2.10. The summed E-state index contributed by atoms with van der Waals surface area (Å²) in [5.74, 6) is 0.463. The van der Waals surface area contributed by atoms with Crippen molar-refractivity contribution >= 4 is 41.1 Å². The molecule has 2 aromatic heterocycles. The van der Waals surface area contributed by atoms with Crippen LogP contribution in [0, 0.1) is 6.92 Å².